The van der Waals surface area contributed by atoms with Gasteiger partial charge in [0.15, 0.2) is 0 Å². The van der Waals surface area contributed by atoms with Crippen LogP contribution in [0.1, 0.15) is 113 Å². The van der Waals surface area contributed by atoms with Gasteiger partial charge in [-0.25, -0.2) is 0 Å². The van der Waals surface area contributed by atoms with Gasteiger partial charge < -0.3 is 4.90 Å². The molecule has 4 aliphatic carbocycles. The molecule has 0 saturated heterocycles. The Morgan fingerprint density at radius 2 is 0.859 bits per heavy atom. The molecule has 0 amide bonds. The Kier molecular flexibility index (Phi) is 7.93. The van der Waals surface area contributed by atoms with Crippen LogP contribution in [0.2, 0.25) is 0 Å². The number of anilines is 3. The lowest BCUT2D eigenvalue weighted by molar-refractivity contribution is 0.586. The smallest absolute Gasteiger partial charge is 0.0726 e. The molecule has 64 heavy (non-hydrogen) atoms. The maximum absolute atomic E-state index is 8.77. The van der Waals surface area contributed by atoms with E-state index in [0.29, 0.717) is 0 Å². The molecule has 0 bridgehead atoms. The number of hydrogen-bond donors (Lipinski definition) is 0. The van der Waals surface area contributed by atoms with Gasteiger partial charge in [-0.15, -0.1) is 0 Å². The topological polar surface area (TPSA) is 3.24 Å². The van der Waals surface area contributed by atoms with Crippen molar-refractivity contribution in [2.45, 2.75) is 82.9 Å². The summed E-state index contributed by atoms with van der Waals surface area (Å²) in [5, 5.41) is 0. The molecule has 0 aromatic heterocycles. The fourth-order valence-corrected chi connectivity index (χ4v) is 11.5. The van der Waals surface area contributed by atoms with Crippen LogP contribution in [0.25, 0.3) is 44.5 Å². The number of nitrogens with zero attached hydrogens (tertiary/aromatic N) is 1. The third-order valence-corrected chi connectivity index (χ3v) is 15.0. The number of benzene rings is 8. The van der Waals surface area contributed by atoms with E-state index in [1.807, 2.05) is 12.2 Å². The van der Waals surface area contributed by atoms with E-state index in [0.717, 1.165) is 33.8 Å². The summed E-state index contributed by atoms with van der Waals surface area (Å²) in [6.07, 6.45) is 3.92. The quantitative estimate of drug-likeness (QED) is 0.156. The molecule has 0 heterocycles. The summed E-state index contributed by atoms with van der Waals surface area (Å²) in [6.45, 7) is 18.8. The van der Waals surface area contributed by atoms with Gasteiger partial charge in [0.2, 0.25) is 0 Å². The monoisotopic (exact) mass is 826 g/mol. The molecule has 0 unspecified atom stereocenters. The molecule has 0 saturated carbocycles. The summed E-state index contributed by atoms with van der Waals surface area (Å²) in [6, 6.07) is 64.7. The van der Waals surface area contributed by atoms with Crippen LogP contribution in [0, 0.1) is 0 Å². The summed E-state index contributed by atoms with van der Waals surface area (Å²) in [4.78, 5) is 2.52. The third-order valence-electron chi connectivity index (χ3n) is 15.0. The highest BCUT2D eigenvalue weighted by molar-refractivity contribution is 5.98. The number of para-hydroxylation sites is 1. The molecule has 4 aliphatic rings. The zero-order valence-electron chi connectivity index (χ0n) is 39.3. The molecule has 1 spiro atoms. The van der Waals surface area contributed by atoms with E-state index in [-0.39, 0.29) is 16.2 Å². The fraction of sp³-hybridized carbons (Fsp3) is 0.206. The molecule has 0 atom stereocenters. The Labute approximate surface area is 381 Å². The molecular weight excluding hydrogens is 771 g/mol. The summed E-state index contributed by atoms with van der Waals surface area (Å²) in [5.74, 6) is -0.685. The zero-order valence-corrected chi connectivity index (χ0v) is 38.3. The van der Waals surface area contributed by atoms with Crippen LogP contribution in [0.3, 0.4) is 0 Å². The van der Waals surface area contributed by atoms with Gasteiger partial charge in [0.1, 0.15) is 0 Å². The van der Waals surface area contributed by atoms with Crippen LogP contribution in [0.5, 0.6) is 0 Å². The highest BCUT2D eigenvalue weighted by Gasteiger charge is 2.52. The molecule has 312 valence electrons. The lowest BCUT2D eigenvalue weighted by Gasteiger charge is -2.34. The number of fused-ring (bicyclic) bond motifs is 13. The summed E-state index contributed by atoms with van der Waals surface area (Å²) in [7, 11) is 0. The second kappa shape index (κ2) is 13.4. The molecule has 1 nitrogen and oxygen atoms in total. The molecule has 1 heteroatoms. The average molecular weight is 827 g/mol. The minimum atomic E-state index is -0.685. The van der Waals surface area contributed by atoms with Gasteiger partial charge in [0, 0.05) is 29.6 Å². The minimum absolute atomic E-state index is 0.0273. The van der Waals surface area contributed by atoms with Crippen molar-refractivity contribution in [2.24, 2.45) is 0 Å². The summed E-state index contributed by atoms with van der Waals surface area (Å²) >= 11 is 0. The van der Waals surface area contributed by atoms with Crippen molar-refractivity contribution in [1.29, 1.82) is 0 Å². The van der Waals surface area contributed by atoms with Crippen LogP contribution >= 0.6 is 0 Å². The Hall–Kier alpha value is -6.70. The Bertz CT molecular complexity index is 3260. The van der Waals surface area contributed by atoms with E-state index in [1.165, 1.54) is 77.9 Å². The van der Waals surface area contributed by atoms with E-state index in [2.05, 4.69) is 230 Å². The van der Waals surface area contributed by atoms with Gasteiger partial charge in [-0.3, -0.25) is 0 Å². The van der Waals surface area contributed by atoms with E-state index < -0.39 is 11.3 Å². The molecule has 12 rings (SSSR count). The summed E-state index contributed by atoms with van der Waals surface area (Å²) < 4.78 is 8.77. The fourth-order valence-electron chi connectivity index (χ4n) is 11.5. The van der Waals surface area contributed by atoms with Crippen LogP contribution in [-0.4, -0.2) is 0 Å². The number of hydrogen-bond acceptors (Lipinski definition) is 1. The van der Waals surface area contributed by atoms with Gasteiger partial charge in [-0.2, -0.15) is 0 Å². The van der Waals surface area contributed by atoms with Crippen molar-refractivity contribution in [3.8, 4) is 44.5 Å². The lowest BCUT2D eigenvalue weighted by atomic mass is 9.68. The second-order valence-electron chi connectivity index (χ2n) is 21.2. The number of rotatable bonds is 5. The maximum atomic E-state index is 8.77. The molecule has 0 fully saturated rings. The average Bonchev–Trinajstić information content (AvgIpc) is 3.83. The SMILES string of the molecule is [2H]C1(c2ccc(-c3ccccc3N(c3ccc4c(c3)C(C)(C)c3ccccc3-4)c3ccc4c(c3)C3(c5ccccc5-4)c4cc(C(C)(C)C)ccc4-c4ccc(C(C)(C)C)cc43)cc2)C=C1. The normalized spacial score (nSPS) is 16.3. The van der Waals surface area contributed by atoms with Crippen molar-refractivity contribution >= 4 is 17.1 Å². The Balaban J connectivity index is 1.14. The zero-order chi connectivity index (χ0) is 44.8. The van der Waals surface area contributed by atoms with Gasteiger partial charge >= 0.3 is 0 Å². The maximum Gasteiger partial charge on any atom is 0.0726 e. The van der Waals surface area contributed by atoms with Crippen LogP contribution < -0.4 is 4.90 Å². The lowest BCUT2D eigenvalue weighted by Crippen LogP contribution is -2.27. The van der Waals surface area contributed by atoms with Crippen molar-refractivity contribution in [1.82, 2.24) is 0 Å². The molecule has 0 N–H and O–H groups in total. The van der Waals surface area contributed by atoms with Crippen LogP contribution in [0.15, 0.2) is 182 Å². The van der Waals surface area contributed by atoms with Gasteiger partial charge in [-0.05, 0) is 130 Å². The van der Waals surface area contributed by atoms with Crippen molar-refractivity contribution in [3.05, 3.63) is 232 Å². The van der Waals surface area contributed by atoms with Crippen LogP contribution in [0.4, 0.5) is 17.1 Å². The Morgan fingerprint density at radius 1 is 0.422 bits per heavy atom. The van der Waals surface area contributed by atoms with Crippen molar-refractivity contribution in [3.63, 3.8) is 0 Å². The molecule has 0 aliphatic heterocycles. The van der Waals surface area contributed by atoms with Crippen molar-refractivity contribution in [2.75, 3.05) is 4.90 Å². The van der Waals surface area contributed by atoms with E-state index in [1.54, 1.807) is 0 Å². The van der Waals surface area contributed by atoms with E-state index in [4.69, 9.17) is 1.37 Å². The predicted octanol–water partition coefficient (Wildman–Crippen LogP) is 16.7. The number of allylic oxidation sites excluding steroid dienone is 2. The third kappa shape index (κ3) is 5.56. The standard InChI is InChI=1S/C63H55N/c1-60(2,3)42-27-31-50-51-32-28-43(61(4,5)6)36-57(51)63(56(50)35-42)54-19-13-10-17-48(54)52-34-30-45(38-58(52)63)64(44-29-33-49-47-16-9-12-18-53(47)62(7,8)55(49)37-44)59-20-14-11-15-46(59)41-25-23-40(24-26-41)39-21-22-39/h9-39H,1-8H3/i39D. The van der Waals surface area contributed by atoms with Crippen molar-refractivity contribution < 1.29 is 1.37 Å². The van der Waals surface area contributed by atoms with Gasteiger partial charge in [-0.1, -0.05) is 207 Å². The highest BCUT2D eigenvalue weighted by atomic mass is 15.1. The predicted molar refractivity (Wildman–Crippen MR) is 270 cm³/mol. The molecule has 8 aromatic rings. The first-order chi connectivity index (χ1) is 31.1. The first-order valence-electron chi connectivity index (χ1n) is 23.6. The van der Waals surface area contributed by atoms with Gasteiger partial charge in [0.05, 0.1) is 11.1 Å². The van der Waals surface area contributed by atoms with Crippen LogP contribution in [-0.2, 0) is 21.7 Å². The highest BCUT2D eigenvalue weighted by Crippen LogP contribution is 2.64. The van der Waals surface area contributed by atoms with Gasteiger partial charge in [0.25, 0.3) is 0 Å². The summed E-state index contributed by atoms with van der Waals surface area (Å²) in [5.41, 5.74) is 24.6. The minimum Gasteiger partial charge on any atom is -0.310 e. The van der Waals surface area contributed by atoms with E-state index in [9.17, 15) is 0 Å². The first-order valence-corrected chi connectivity index (χ1v) is 23.1. The van der Waals surface area contributed by atoms with E-state index >= 15 is 0 Å². The largest absolute Gasteiger partial charge is 0.310 e. The first kappa shape index (κ1) is 37.8. The molecule has 8 aromatic carbocycles. The second-order valence-corrected chi connectivity index (χ2v) is 21.2. The molecular formula is C63H55N. The molecule has 0 radical (unpaired) electrons. The Morgan fingerprint density at radius 3 is 1.42 bits per heavy atom.